The van der Waals surface area contributed by atoms with Gasteiger partial charge in [0.15, 0.2) is 5.58 Å². The average Bonchev–Trinajstić information content (AvgIpc) is 2.87. The Morgan fingerprint density at radius 1 is 1.16 bits per heavy atom. The van der Waals surface area contributed by atoms with Gasteiger partial charge in [-0.15, -0.1) is 0 Å². The molecule has 0 aliphatic rings. The maximum atomic E-state index is 12.0. The van der Waals surface area contributed by atoms with E-state index in [0.29, 0.717) is 0 Å². The topological polar surface area (TPSA) is 122 Å². The van der Waals surface area contributed by atoms with Crippen molar-refractivity contribution in [3.05, 3.63) is 69.2 Å². The summed E-state index contributed by atoms with van der Waals surface area (Å²) in [6.07, 6.45) is 0. The fraction of sp³-hybridized carbons (Fsp3) is 0.133. The Morgan fingerprint density at radius 2 is 1.88 bits per heavy atom. The van der Waals surface area contributed by atoms with Crippen molar-refractivity contribution in [1.82, 2.24) is 4.57 Å². The molecule has 1 aromatic heterocycles. The first-order valence-corrected chi connectivity index (χ1v) is 8.68. The Hall–Kier alpha value is -3.14. The number of nitro benzene ring substituents is 1. The summed E-state index contributed by atoms with van der Waals surface area (Å²) in [4.78, 5) is 22.0. The molecule has 25 heavy (non-hydrogen) atoms. The van der Waals surface area contributed by atoms with Gasteiger partial charge in [-0.05, 0) is 18.2 Å². The largest absolute Gasteiger partial charge is 0.419 e. The summed E-state index contributed by atoms with van der Waals surface area (Å²) >= 11 is 0. The van der Waals surface area contributed by atoms with Gasteiger partial charge in [-0.1, -0.05) is 18.2 Å². The van der Waals surface area contributed by atoms with E-state index in [1.807, 2.05) is 0 Å². The third-order valence-electron chi connectivity index (χ3n) is 3.39. The van der Waals surface area contributed by atoms with Crippen LogP contribution >= 0.6 is 0 Å². The Labute approximate surface area is 141 Å². The lowest BCUT2D eigenvalue weighted by molar-refractivity contribution is -0.384. The molecule has 10 heteroatoms. The molecular weight excluding hydrogens is 352 g/mol. The molecule has 3 rings (SSSR count). The number of nitrogens with zero attached hydrogens (tertiary/aromatic N) is 2. The number of aromatic nitrogens is 1. The molecule has 0 unspecified atom stereocenters. The third kappa shape index (κ3) is 3.69. The number of aryl methyl sites for hydroxylation is 1. The summed E-state index contributed by atoms with van der Waals surface area (Å²) in [7, 11) is -3.93. The van der Waals surface area contributed by atoms with Gasteiger partial charge in [-0.3, -0.25) is 14.7 Å². The van der Waals surface area contributed by atoms with Crippen LogP contribution in [-0.4, -0.2) is 23.7 Å². The highest BCUT2D eigenvalue weighted by molar-refractivity contribution is 7.87. The van der Waals surface area contributed by atoms with E-state index in [1.54, 1.807) is 18.2 Å². The molecule has 0 aliphatic carbocycles. The van der Waals surface area contributed by atoms with Crippen LogP contribution in [-0.2, 0) is 16.7 Å². The van der Waals surface area contributed by atoms with Crippen molar-refractivity contribution in [3.8, 4) is 5.75 Å². The van der Waals surface area contributed by atoms with Crippen LogP contribution in [0.5, 0.6) is 5.75 Å². The summed E-state index contributed by atoms with van der Waals surface area (Å²) in [6.45, 7) is -0.210. The fourth-order valence-corrected chi connectivity index (χ4v) is 3.14. The number of hydrogen-bond acceptors (Lipinski definition) is 7. The maximum absolute atomic E-state index is 12.0. The van der Waals surface area contributed by atoms with Crippen LogP contribution in [0.3, 0.4) is 0 Å². The first kappa shape index (κ1) is 16.7. The van der Waals surface area contributed by atoms with Crippen molar-refractivity contribution < 1.29 is 21.9 Å². The highest BCUT2D eigenvalue weighted by Crippen LogP contribution is 2.20. The van der Waals surface area contributed by atoms with Gasteiger partial charge in [-0.25, -0.2) is 4.79 Å². The molecule has 0 spiro atoms. The first-order chi connectivity index (χ1) is 11.9. The van der Waals surface area contributed by atoms with Crippen LogP contribution in [0, 0.1) is 10.1 Å². The number of para-hydroxylation sites is 1. The second-order valence-corrected chi connectivity index (χ2v) is 6.78. The Bertz CT molecular complexity index is 1080. The van der Waals surface area contributed by atoms with Crippen molar-refractivity contribution >= 4 is 26.9 Å². The van der Waals surface area contributed by atoms with Gasteiger partial charge >= 0.3 is 15.9 Å². The lowest BCUT2D eigenvalue weighted by Gasteiger charge is -2.07. The number of non-ortho nitro benzene ring substituents is 1. The quantitative estimate of drug-likeness (QED) is 0.372. The minimum Gasteiger partial charge on any atom is -0.407 e. The highest BCUT2D eigenvalue weighted by Gasteiger charge is 2.18. The van der Waals surface area contributed by atoms with E-state index in [2.05, 4.69) is 0 Å². The summed E-state index contributed by atoms with van der Waals surface area (Å²) in [5, 5.41) is 10.8. The molecule has 0 fully saturated rings. The summed E-state index contributed by atoms with van der Waals surface area (Å²) in [5.41, 5.74) is 0.0551. The number of fused-ring (bicyclic) bond motifs is 1. The lowest BCUT2D eigenvalue weighted by Crippen LogP contribution is -2.23. The summed E-state index contributed by atoms with van der Waals surface area (Å²) in [6, 6.07) is 11.6. The molecule has 9 nitrogen and oxygen atoms in total. The molecular formula is C15H12N2O7S. The average molecular weight is 364 g/mol. The Kier molecular flexibility index (Phi) is 4.28. The van der Waals surface area contributed by atoms with Gasteiger partial charge in [0.05, 0.1) is 16.5 Å². The zero-order valence-electron chi connectivity index (χ0n) is 12.7. The number of nitro groups is 1. The van der Waals surface area contributed by atoms with Gasteiger partial charge in [0, 0.05) is 12.6 Å². The van der Waals surface area contributed by atoms with E-state index in [1.165, 1.54) is 24.3 Å². The molecule has 0 aliphatic heterocycles. The van der Waals surface area contributed by atoms with Crippen LogP contribution in [0.1, 0.15) is 0 Å². The maximum Gasteiger partial charge on any atom is 0.419 e. The lowest BCUT2D eigenvalue weighted by atomic mass is 10.3. The highest BCUT2D eigenvalue weighted by atomic mass is 32.2. The second-order valence-electron chi connectivity index (χ2n) is 5.09. The standard InChI is InChI=1S/C15H12N2O7S/c18-15-16(13-7-6-11(17(19)20)10-14(13)23-15)8-9-25(21,22)24-12-4-2-1-3-5-12/h1-7,10H,8-9H2. The van der Waals surface area contributed by atoms with Gasteiger partial charge in [-0.2, -0.15) is 8.42 Å². The van der Waals surface area contributed by atoms with Crippen molar-refractivity contribution in [2.45, 2.75) is 6.54 Å². The summed E-state index contributed by atoms with van der Waals surface area (Å²) in [5.74, 6) is -1.10. The SMILES string of the molecule is O=c1oc2cc([N+](=O)[O-])ccc2n1CCS(=O)(=O)Oc1ccccc1. The van der Waals surface area contributed by atoms with E-state index in [4.69, 9.17) is 8.60 Å². The van der Waals surface area contributed by atoms with E-state index in [0.717, 1.165) is 10.6 Å². The van der Waals surface area contributed by atoms with Crippen LogP contribution in [0.4, 0.5) is 5.69 Å². The molecule has 3 aromatic rings. The van der Waals surface area contributed by atoms with Gasteiger partial charge in [0.25, 0.3) is 5.69 Å². The van der Waals surface area contributed by atoms with Crippen molar-refractivity contribution in [2.24, 2.45) is 0 Å². The van der Waals surface area contributed by atoms with Gasteiger partial charge < -0.3 is 8.60 Å². The third-order valence-corrected chi connectivity index (χ3v) is 4.52. The monoisotopic (exact) mass is 364 g/mol. The van der Waals surface area contributed by atoms with Crippen LogP contribution in [0.25, 0.3) is 11.1 Å². The first-order valence-electron chi connectivity index (χ1n) is 7.11. The normalized spacial score (nSPS) is 11.5. The molecule has 0 atom stereocenters. The van der Waals surface area contributed by atoms with E-state index in [9.17, 15) is 23.3 Å². The number of benzene rings is 2. The molecule has 0 radical (unpaired) electrons. The Balaban J connectivity index is 1.82. The number of rotatable bonds is 6. The zero-order chi connectivity index (χ0) is 18.0. The molecule has 0 saturated heterocycles. The molecule has 0 saturated carbocycles. The van der Waals surface area contributed by atoms with E-state index < -0.39 is 26.6 Å². The fourth-order valence-electron chi connectivity index (χ4n) is 2.25. The summed E-state index contributed by atoms with van der Waals surface area (Å²) < 4.78 is 35.0. The molecule has 2 aromatic carbocycles. The minimum absolute atomic E-state index is 0.0144. The molecule has 0 N–H and O–H groups in total. The zero-order valence-corrected chi connectivity index (χ0v) is 13.5. The molecule has 1 heterocycles. The smallest absolute Gasteiger partial charge is 0.407 e. The van der Waals surface area contributed by atoms with E-state index >= 15 is 0 Å². The van der Waals surface area contributed by atoms with Crippen molar-refractivity contribution in [1.29, 1.82) is 0 Å². The van der Waals surface area contributed by atoms with Crippen LogP contribution < -0.4 is 9.94 Å². The molecule has 0 bridgehead atoms. The predicted molar refractivity (Wildman–Crippen MR) is 88.0 cm³/mol. The van der Waals surface area contributed by atoms with Crippen molar-refractivity contribution in [2.75, 3.05) is 5.75 Å². The van der Waals surface area contributed by atoms with E-state index in [-0.39, 0.29) is 29.1 Å². The molecule has 0 amide bonds. The second kappa shape index (κ2) is 6.40. The number of oxazole rings is 1. The van der Waals surface area contributed by atoms with Crippen LogP contribution in [0.2, 0.25) is 0 Å². The van der Waals surface area contributed by atoms with Crippen LogP contribution in [0.15, 0.2) is 57.7 Å². The minimum atomic E-state index is -3.93. The van der Waals surface area contributed by atoms with Crippen molar-refractivity contribution in [3.63, 3.8) is 0 Å². The molecule has 130 valence electrons. The number of hydrogen-bond donors (Lipinski definition) is 0. The predicted octanol–water partition coefficient (Wildman–Crippen LogP) is 1.91. The Morgan fingerprint density at radius 3 is 2.56 bits per heavy atom. The van der Waals surface area contributed by atoms with Gasteiger partial charge in [0.2, 0.25) is 0 Å². The van der Waals surface area contributed by atoms with Gasteiger partial charge in [0.1, 0.15) is 11.5 Å².